The van der Waals surface area contributed by atoms with Gasteiger partial charge in [-0.2, -0.15) is 0 Å². The number of carbonyl (C=O) groups is 4. The van der Waals surface area contributed by atoms with E-state index in [2.05, 4.69) is 10.2 Å². The number of carbonyl (C=O) groups excluding carboxylic acids is 4. The van der Waals surface area contributed by atoms with Crippen LogP contribution in [-0.4, -0.2) is 105 Å². The summed E-state index contributed by atoms with van der Waals surface area (Å²) in [4.78, 5) is 60.4. The highest BCUT2D eigenvalue weighted by Crippen LogP contribution is 2.33. The Morgan fingerprint density at radius 2 is 1.39 bits per heavy atom. The molecule has 59 heavy (non-hydrogen) atoms. The summed E-state index contributed by atoms with van der Waals surface area (Å²) in [5.74, 6) is 0.787. The van der Waals surface area contributed by atoms with Crippen LogP contribution in [-0.2, 0) is 9.59 Å². The van der Waals surface area contributed by atoms with E-state index in [-0.39, 0.29) is 48.4 Å². The van der Waals surface area contributed by atoms with Gasteiger partial charge in [0.05, 0.1) is 31.6 Å². The first-order chi connectivity index (χ1) is 27.6. The molecule has 11 nitrogen and oxygen atoms in total. The van der Waals surface area contributed by atoms with Gasteiger partial charge in [-0.1, -0.05) is 54.1 Å². The quantitative estimate of drug-likeness (QED) is 0.121. The monoisotopic (exact) mass is 845 g/mol. The SMILES string of the molecule is COc1cc(C(=O)N(C)c2ccc(C)cc2OCCCCCC(=O)N2CCN(CC(=O)N3CCCC3)CC2)ccc1NC(=O)c1ccccc1-c1ccc(C)cc1.Cl.Cl. The molecule has 0 atom stereocenters. The zero-order chi connectivity index (χ0) is 40.3. The van der Waals surface area contributed by atoms with Crippen molar-refractivity contribution < 1.29 is 28.7 Å². The zero-order valence-corrected chi connectivity index (χ0v) is 36.2. The molecular weight excluding hydrogens is 789 g/mol. The van der Waals surface area contributed by atoms with Crippen LogP contribution in [0.5, 0.6) is 11.5 Å². The number of nitrogens with one attached hydrogen (secondary N) is 1. The Hall–Kier alpha value is -5.10. The second-order valence-electron chi connectivity index (χ2n) is 15.0. The standard InChI is InChI=1S/C46H55N5O6.2ClH/c1-33-15-18-35(19-16-33)37-12-7-8-13-38(37)45(54)47-39-21-20-36(31-41(39)56-4)46(55)48(3)40-22-17-34(2)30-42(40)57-29-11-5-6-14-43(52)51-27-25-49(26-28-51)32-44(53)50-23-9-10-24-50;;/h7-8,12-13,15-22,30-31H,5-6,9-11,14,23-29,32H2,1-4H3,(H,47,54);2*1H. The normalized spacial score (nSPS) is 13.8. The largest absolute Gasteiger partial charge is 0.495 e. The maximum atomic E-state index is 13.8. The van der Waals surface area contributed by atoms with Crippen molar-refractivity contribution in [2.24, 2.45) is 0 Å². The van der Waals surface area contributed by atoms with Crippen LogP contribution in [0.15, 0.2) is 84.9 Å². The van der Waals surface area contributed by atoms with Crippen LogP contribution in [0.3, 0.4) is 0 Å². The van der Waals surface area contributed by atoms with Gasteiger partial charge in [0, 0.05) is 63.9 Å². The molecule has 0 radical (unpaired) electrons. The van der Waals surface area contributed by atoms with Gasteiger partial charge in [0.1, 0.15) is 11.5 Å². The Morgan fingerprint density at radius 3 is 2.10 bits per heavy atom. The van der Waals surface area contributed by atoms with Crippen molar-refractivity contribution in [3.05, 3.63) is 107 Å². The number of rotatable bonds is 15. The molecule has 0 aliphatic carbocycles. The number of unbranched alkanes of at least 4 members (excludes halogenated alkanes) is 2. The van der Waals surface area contributed by atoms with E-state index in [4.69, 9.17) is 9.47 Å². The first-order valence-corrected chi connectivity index (χ1v) is 20.1. The fraction of sp³-hybridized carbons (Fsp3) is 0.391. The molecule has 4 amide bonds. The average Bonchev–Trinajstić information content (AvgIpc) is 3.78. The summed E-state index contributed by atoms with van der Waals surface area (Å²) in [6, 6.07) is 26.2. The molecule has 13 heteroatoms. The van der Waals surface area contributed by atoms with Crippen molar-refractivity contribution in [1.82, 2.24) is 14.7 Å². The molecular formula is C46H57Cl2N5O6. The van der Waals surface area contributed by atoms with Crippen LogP contribution in [0.1, 0.15) is 70.4 Å². The van der Waals surface area contributed by atoms with Crippen LogP contribution in [0.25, 0.3) is 11.1 Å². The van der Waals surface area contributed by atoms with E-state index in [1.165, 1.54) is 7.11 Å². The Bertz CT molecular complexity index is 2050. The number of hydrogen-bond acceptors (Lipinski definition) is 7. The average molecular weight is 847 g/mol. The fourth-order valence-electron chi connectivity index (χ4n) is 7.41. The summed E-state index contributed by atoms with van der Waals surface area (Å²) in [5.41, 5.74) is 5.90. The summed E-state index contributed by atoms with van der Waals surface area (Å²) in [6.07, 6.45) is 5.06. The van der Waals surface area contributed by atoms with E-state index in [9.17, 15) is 19.2 Å². The summed E-state index contributed by atoms with van der Waals surface area (Å²) in [6.45, 7) is 9.43. The molecule has 0 aromatic heterocycles. The molecule has 2 heterocycles. The smallest absolute Gasteiger partial charge is 0.258 e. The van der Waals surface area contributed by atoms with Crippen molar-refractivity contribution in [3.8, 4) is 22.6 Å². The second-order valence-corrected chi connectivity index (χ2v) is 15.0. The predicted octanol–water partition coefficient (Wildman–Crippen LogP) is 8.06. The summed E-state index contributed by atoms with van der Waals surface area (Å²) in [5, 5.41) is 2.97. The minimum Gasteiger partial charge on any atom is -0.495 e. The number of anilines is 2. The van der Waals surface area contributed by atoms with Gasteiger partial charge in [-0.25, -0.2) is 0 Å². The molecule has 2 aliphatic heterocycles. The highest BCUT2D eigenvalue weighted by Gasteiger charge is 2.25. The predicted molar refractivity (Wildman–Crippen MR) is 239 cm³/mol. The van der Waals surface area contributed by atoms with Crippen molar-refractivity contribution in [2.75, 3.05) is 76.8 Å². The summed E-state index contributed by atoms with van der Waals surface area (Å²) in [7, 11) is 3.22. The van der Waals surface area contributed by atoms with E-state index in [1.807, 2.05) is 84.3 Å². The topological polar surface area (TPSA) is 112 Å². The molecule has 2 fully saturated rings. The molecule has 1 N–H and O–H groups in total. The number of likely N-dealkylation sites (tertiary alicyclic amines) is 1. The third-order valence-corrected chi connectivity index (χ3v) is 10.8. The van der Waals surface area contributed by atoms with Crippen molar-refractivity contribution in [1.29, 1.82) is 0 Å². The number of benzene rings is 4. The Balaban J connectivity index is 0.00000384. The number of nitrogens with zero attached hydrogens (tertiary/aromatic N) is 4. The molecule has 0 bridgehead atoms. The van der Waals surface area contributed by atoms with Crippen molar-refractivity contribution in [3.63, 3.8) is 0 Å². The lowest BCUT2D eigenvalue weighted by molar-refractivity contribution is -0.134. The molecule has 6 rings (SSSR count). The van der Waals surface area contributed by atoms with Gasteiger partial charge >= 0.3 is 0 Å². The molecule has 316 valence electrons. The number of amides is 4. The number of hydrogen-bond donors (Lipinski definition) is 1. The first-order valence-electron chi connectivity index (χ1n) is 20.1. The first kappa shape index (κ1) is 46.6. The van der Waals surface area contributed by atoms with Gasteiger partial charge < -0.3 is 29.5 Å². The summed E-state index contributed by atoms with van der Waals surface area (Å²) < 4.78 is 11.9. The molecule has 4 aromatic rings. The van der Waals surface area contributed by atoms with Crippen LogP contribution in [0.4, 0.5) is 11.4 Å². The lowest BCUT2D eigenvalue weighted by atomic mass is 9.98. The van der Waals surface area contributed by atoms with Crippen molar-refractivity contribution >= 4 is 59.8 Å². The molecule has 0 saturated carbocycles. The number of ether oxygens (including phenoxy) is 2. The van der Waals surface area contributed by atoms with Gasteiger partial charge in [0.25, 0.3) is 11.8 Å². The Kier molecular flexibility index (Phi) is 17.6. The Labute approximate surface area is 360 Å². The van der Waals surface area contributed by atoms with Gasteiger partial charge in [-0.3, -0.25) is 24.1 Å². The number of aryl methyl sites for hydroxylation is 2. The van der Waals surface area contributed by atoms with Crippen LogP contribution in [0, 0.1) is 13.8 Å². The van der Waals surface area contributed by atoms with E-state index in [0.717, 1.165) is 80.5 Å². The number of piperazine rings is 1. The van der Waals surface area contributed by atoms with Gasteiger partial charge in [0.15, 0.2) is 0 Å². The van der Waals surface area contributed by atoms with E-state index in [0.29, 0.717) is 66.7 Å². The fourth-order valence-corrected chi connectivity index (χ4v) is 7.41. The maximum Gasteiger partial charge on any atom is 0.258 e. The van der Waals surface area contributed by atoms with Gasteiger partial charge in [-0.05, 0) is 99.0 Å². The number of halogens is 2. The highest BCUT2D eigenvalue weighted by molar-refractivity contribution is 6.10. The van der Waals surface area contributed by atoms with E-state index >= 15 is 0 Å². The van der Waals surface area contributed by atoms with Gasteiger partial charge in [0.2, 0.25) is 11.8 Å². The van der Waals surface area contributed by atoms with Crippen LogP contribution < -0.4 is 19.7 Å². The van der Waals surface area contributed by atoms with E-state index < -0.39 is 0 Å². The third-order valence-electron chi connectivity index (χ3n) is 10.8. The van der Waals surface area contributed by atoms with Gasteiger partial charge in [-0.15, -0.1) is 24.8 Å². The summed E-state index contributed by atoms with van der Waals surface area (Å²) >= 11 is 0. The third kappa shape index (κ3) is 12.2. The Morgan fingerprint density at radius 1 is 0.712 bits per heavy atom. The van der Waals surface area contributed by atoms with Crippen LogP contribution >= 0.6 is 24.8 Å². The minimum absolute atomic E-state index is 0. The highest BCUT2D eigenvalue weighted by atomic mass is 35.5. The minimum atomic E-state index is -0.287. The molecule has 4 aromatic carbocycles. The molecule has 0 unspecified atom stereocenters. The van der Waals surface area contributed by atoms with Crippen molar-refractivity contribution in [2.45, 2.75) is 52.4 Å². The van der Waals surface area contributed by atoms with E-state index in [1.54, 1.807) is 36.2 Å². The number of methoxy groups -OCH3 is 1. The lowest BCUT2D eigenvalue weighted by Gasteiger charge is -2.35. The zero-order valence-electron chi connectivity index (χ0n) is 34.5. The maximum absolute atomic E-state index is 13.8. The lowest BCUT2D eigenvalue weighted by Crippen LogP contribution is -2.51. The second kappa shape index (κ2) is 22.3. The molecule has 0 spiro atoms. The van der Waals surface area contributed by atoms with Crippen LogP contribution in [0.2, 0.25) is 0 Å². The molecule has 2 aliphatic rings. The molecule has 2 saturated heterocycles.